The van der Waals surface area contributed by atoms with Gasteiger partial charge in [-0.1, -0.05) is 6.92 Å². The Bertz CT molecular complexity index is 740. The van der Waals surface area contributed by atoms with Gasteiger partial charge >= 0.3 is 0 Å². The van der Waals surface area contributed by atoms with Crippen LogP contribution in [0.1, 0.15) is 35.8 Å². The third kappa shape index (κ3) is 4.47. The molecule has 0 saturated carbocycles. The number of rotatable bonds is 4. The van der Waals surface area contributed by atoms with E-state index in [2.05, 4.69) is 32.1 Å². The zero-order chi connectivity index (χ0) is 18.6. The first-order chi connectivity index (χ1) is 13.2. The molecule has 0 spiro atoms. The van der Waals surface area contributed by atoms with Crippen LogP contribution >= 0.6 is 11.3 Å². The van der Waals surface area contributed by atoms with Crippen LogP contribution in [-0.2, 0) is 6.54 Å². The Morgan fingerprint density at radius 2 is 2.04 bits per heavy atom. The van der Waals surface area contributed by atoms with Crippen LogP contribution in [0.5, 0.6) is 0 Å². The van der Waals surface area contributed by atoms with Crippen molar-refractivity contribution in [3.8, 4) is 0 Å². The average Bonchev–Trinajstić information content (AvgIpc) is 3.21. The van der Waals surface area contributed by atoms with Gasteiger partial charge in [-0.2, -0.15) is 0 Å². The van der Waals surface area contributed by atoms with Crippen molar-refractivity contribution in [3.63, 3.8) is 0 Å². The van der Waals surface area contributed by atoms with Crippen LogP contribution in [0.2, 0.25) is 0 Å². The van der Waals surface area contributed by atoms with Gasteiger partial charge in [0.1, 0.15) is 5.82 Å². The molecule has 0 aliphatic carbocycles. The fourth-order valence-electron chi connectivity index (χ4n) is 3.94. The van der Waals surface area contributed by atoms with E-state index in [1.54, 1.807) is 17.5 Å². The lowest BCUT2D eigenvalue weighted by atomic mass is 10.00. The minimum atomic E-state index is 0.119. The molecular formula is C20H27N5OS. The number of amides is 1. The number of aromatic nitrogens is 2. The van der Waals surface area contributed by atoms with Gasteiger partial charge < -0.3 is 9.80 Å². The smallest absolute Gasteiger partial charge is 0.255 e. The highest BCUT2D eigenvalue weighted by atomic mass is 32.1. The van der Waals surface area contributed by atoms with Crippen LogP contribution in [0.25, 0.3) is 0 Å². The quantitative estimate of drug-likeness (QED) is 0.810. The Hall–Kier alpha value is -1.99. The van der Waals surface area contributed by atoms with E-state index >= 15 is 0 Å². The lowest BCUT2D eigenvalue weighted by molar-refractivity contribution is 0.0682. The van der Waals surface area contributed by atoms with Gasteiger partial charge in [0, 0.05) is 57.4 Å². The lowest BCUT2D eigenvalue weighted by Gasteiger charge is -2.35. The van der Waals surface area contributed by atoms with Crippen molar-refractivity contribution in [2.24, 2.45) is 5.92 Å². The number of carbonyl (C=O) groups excluding carboxylic acids is 1. The molecule has 4 rings (SSSR count). The minimum Gasteiger partial charge on any atom is -0.354 e. The predicted molar refractivity (Wildman–Crippen MR) is 108 cm³/mol. The van der Waals surface area contributed by atoms with Gasteiger partial charge in [-0.25, -0.2) is 9.97 Å². The third-order valence-electron chi connectivity index (χ3n) is 5.50. The van der Waals surface area contributed by atoms with Crippen LogP contribution < -0.4 is 4.90 Å². The van der Waals surface area contributed by atoms with Crippen LogP contribution in [0.4, 0.5) is 5.82 Å². The van der Waals surface area contributed by atoms with E-state index in [-0.39, 0.29) is 5.91 Å². The van der Waals surface area contributed by atoms with Crippen molar-refractivity contribution in [2.45, 2.75) is 26.3 Å². The second-order valence-electron chi connectivity index (χ2n) is 7.65. The number of carbonyl (C=O) groups is 1. The summed E-state index contributed by atoms with van der Waals surface area (Å²) in [7, 11) is 0. The standard InChI is InChI=1S/C20H27N5OS/c1-16-3-2-6-25(12-16)20(26)17-4-5-19(21-11-17)24-9-7-23(8-10-24)13-18-14-27-15-22-18/h4-5,11,14-16H,2-3,6-10,12-13H2,1H3/t16-/m0/s1. The van der Waals surface area contributed by atoms with Crippen LogP contribution in [0.15, 0.2) is 29.2 Å². The molecule has 4 heterocycles. The topological polar surface area (TPSA) is 52.6 Å². The van der Waals surface area contributed by atoms with Gasteiger partial charge in [0.25, 0.3) is 5.91 Å². The van der Waals surface area contributed by atoms with Crippen molar-refractivity contribution in [3.05, 3.63) is 40.5 Å². The van der Waals surface area contributed by atoms with Crippen molar-refractivity contribution in [1.82, 2.24) is 19.8 Å². The van der Waals surface area contributed by atoms with Gasteiger partial charge in [0.2, 0.25) is 0 Å². The summed E-state index contributed by atoms with van der Waals surface area (Å²) in [6.45, 7) is 8.79. The van der Waals surface area contributed by atoms with Gasteiger partial charge in [0.05, 0.1) is 16.8 Å². The normalized spacial score (nSPS) is 21.4. The van der Waals surface area contributed by atoms with Gasteiger partial charge in [-0.15, -0.1) is 11.3 Å². The van der Waals surface area contributed by atoms with Crippen molar-refractivity contribution in [1.29, 1.82) is 0 Å². The molecule has 2 saturated heterocycles. The first kappa shape index (κ1) is 18.4. The Morgan fingerprint density at radius 1 is 1.19 bits per heavy atom. The minimum absolute atomic E-state index is 0.119. The molecule has 1 atom stereocenters. The summed E-state index contributed by atoms with van der Waals surface area (Å²) in [5.41, 5.74) is 3.75. The van der Waals surface area contributed by atoms with Crippen LogP contribution in [-0.4, -0.2) is 64.9 Å². The van der Waals surface area contributed by atoms with Gasteiger partial charge in [-0.05, 0) is 30.9 Å². The highest BCUT2D eigenvalue weighted by molar-refractivity contribution is 7.07. The molecular weight excluding hydrogens is 358 g/mol. The van der Waals surface area contributed by atoms with E-state index in [1.165, 1.54) is 6.42 Å². The molecule has 2 aliphatic heterocycles. The summed E-state index contributed by atoms with van der Waals surface area (Å²) in [5, 5.41) is 2.12. The maximum absolute atomic E-state index is 12.7. The van der Waals surface area contributed by atoms with Crippen LogP contribution in [0, 0.1) is 5.92 Å². The third-order valence-corrected chi connectivity index (χ3v) is 6.14. The molecule has 0 N–H and O–H groups in total. The monoisotopic (exact) mass is 385 g/mol. The SMILES string of the molecule is C[C@H]1CCCN(C(=O)c2ccc(N3CCN(Cc4cscn4)CC3)nc2)C1. The molecule has 2 aliphatic rings. The molecule has 27 heavy (non-hydrogen) atoms. The van der Waals surface area contributed by atoms with Crippen molar-refractivity contribution < 1.29 is 4.79 Å². The number of anilines is 1. The lowest BCUT2D eigenvalue weighted by Crippen LogP contribution is -2.46. The largest absolute Gasteiger partial charge is 0.354 e. The summed E-state index contributed by atoms with van der Waals surface area (Å²) in [5.74, 6) is 1.68. The Balaban J connectivity index is 1.32. The fraction of sp³-hybridized carbons (Fsp3) is 0.550. The van der Waals surface area contributed by atoms with Gasteiger partial charge in [0.15, 0.2) is 0 Å². The molecule has 0 radical (unpaired) electrons. The Morgan fingerprint density at radius 3 is 2.70 bits per heavy atom. The van der Waals surface area contributed by atoms with Gasteiger partial charge in [-0.3, -0.25) is 9.69 Å². The molecule has 144 valence electrons. The number of nitrogens with zero attached hydrogens (tertiary/aromatic N) is 5. The molecule has 7 heteroatoms. The first-order valence-electron chi connectivity index (χ1n) is 9.79. The first-order valence-corrected chi connectivity index (χ1v) is 10.7. The highest BCUT2D eigenvalue weighted by Crippen LogP contribution is 2.20. The summed E-state index contributed by atoms with van der Waals surface area (Å²) < 4.78 is 0. The fourth-order valence-corrected chi connectivity index (χ4v) is 4.49. The van der Waals surface area contributed by atoms with E-state index < -0.39 is 0 Å². The number of piperazine rings is 1. The number of piperidine rings is 1. The molecule has 0 aromatic carbocycles. The maximum atomic E-state index is 12.7. The molecule has 1 amide bonds. The van der Waals surface area contributed by atoms with E-state index in [0.717, 1.165) is 63.7 Å². The Labute approximate surface area is 164 Å². The maximum Gasteiger partial charge on any atom is 0.255 e. The van der Waals surface area contributed by atoms with E-state index in [4.69, 9.17) is 0 Å². The van der Waals surface area contributed by atoms with Crippen molar-refractivity contribution in [2.75, 3.05) is 44.2 Å². The number of hydrogen-bond donors (Lipinski definition) is 0. The molecule has 6 nitrogen and oxygen atoms in total. The molecule has 0 unspecified atom stereocenters. The number of pyridine rings is 1. The van der Waals surface area contributed by atoms with Crippen molar-refractivity contribution >= 4 is 23.1 Å². The van der Waals surface area contributed by atoms with E-state index in [0.29, 0.717) is 11.5 Å². The summed E-state index contributed by atoms with van der Waals surface area (Å²) in [6.07, 6.45) is 4.07. The summed E-state index contributed by atoms with van der Waals surface area (Å²) in [6, 6.07) is 3.93. The highest BCUT2D eigenvalue weighted by Gasteiger charge is 2.23. The average molecular weight is 386 g/mol. The predicted octanol–water partition coefficient (Wildman–Crippen LogP) is 2.73. The number of thiazole rings is 1. The zero-order valence-electron chi connectivity index (χ0n) is 15.9. The molecule has 0 bridgehead atoms. The molecule has 2 aromatic rings. The summed E-state index contributed by atoms with van der Waals surface area (Å²) >= 11 is 1.65. The number of hydrogen-bond acceptors (Lipinski definition) is 6. The second kappa shape index (κ2) is 8.35. The van der Waals surface area contributed by atoms with E-state index in [9.17, 15) is 4.79 Å². The Kier molecular flexibility index (Phi) is 5.69. The number of likely N-dealkylation sites (tertiary alicyclic amines) is 1. The van der Waals surface area contributed by atoms with Crippen LogP contribution in [0.3, 0.4) is 0 Å². The second-order valence-corrected chi connectivity index (χ2v) is 8.37. The zero-order valence-corrected chi connectivity index (χ0v) is 16.7. The molecule has 2 fully saturated rings. The molecule has 2 aromatic heterocycles. The van der Waals surface area contributed by atoms with E-state index in [1.807, 2.05) is 22.5 Å². The summed E-state index contributed by atoms with van der Waals surface area (Å²) in [4.78, 5) is 28.4.